The Hall–Kier alpha value is -1.08. The Morgan fingerprint density at radius 2 is 2.07 bits per heavy atom. The van der Waals surface area contributed by atoms with Gasteiger partial charge in [-0.2, -0.15) is 0 Å². The van der Waals surface area contributed by atoms with Crippen LogP contribution in [-0.4, -0.2) is 13.1 Å². The summed E-state index contributed by atoms with van der Waals surface area (Å²) in [4.78, 5) is 0. The molecule has 0 aliphatic rings. The number of aryl methyl sites for hydroxylation is 1. The molecule has 1 heteroatoms. The number of rotatable bonds is 5. The van der Waals surface area contributed by atoms with Gasteiger partial charge in [0.15, 0.2) is 0 Å². The Morgan fingerprint density at radius 1 is 1.40 bits per heavy atom. The molecule has 1 unspecified atom stereocenters. The summed E-state index contributed by atoms with van der Waals surface area (Å²) in [6.45, 7) is 12.6. The molecule has 1 atom stereocenters. The van der Waals surface area contributed by atoms with Crippen molar-refractivity contribution < 1.29 is 0 Å². The van der Waals surface area contributed by atoms with Crippen LogP contribution in [0.2, 0.25) is 0 Å². The maximum Gasteiger partial charge on any atom is 0.0167 e. The van der Waals surface area contributed by atoms with Crippen molar-refractivity contribution in [1.82, 2.24) is 5.32 Å². The summed E-state index contributed by atoms with van der Waals surface area (Å²) in [6, 6.07) is 8.53. The monoisotopic (exact) mass is 203 g/mol. The van der Waals surface area contributed by atoms with Crippen LogP contribution in [0.4, 0.5) is 0 Å². The van der Waals surface area contributed by atoms with E-state index in [2.05, 4.69) is 56.9 Å². The molecule has 0 saturated heterocycles. The molecule has 0 fully saturated rings. The van der Waals surface area contributed by atoms with Crippen LogP contribution in [0, 0.1) is 6.92 Å². The van der Waals surface area contributed by atoms with Crippen molar-refractivity contribution >= 4 is 0 Å². The first-order valence-electron chi connectivity index (χ1n) is 5.60. The molecule has 0 spiro atoms. The smallest absolute Gasteiger partial charge is 0.0167 e. The van der Waals surface area contributed by atoms with Crippen LogP contribution < -0.4 is 5.32 Å². The molecule has 82 valence electrons. The molecule has 0 aliphatic heterocycles. The van der Waals surface area contributed by atoms with Crippen molar-refractivity contribution in [3.05, 3.63) is 47.5 Å². The van der Waals surface area contributed by atoms with Crippen LogP contribution in [0.3, 0.4) is 0 Å². The summed E-state index contributed by atoms with van der Waals surface area (Å²) in [6.07, 6.45) is 0. The molecule has 1 aromatic rings. The highest BCUT2D eigenvalue weighted by Gasteiger charge is 2.10. The highest BCUT2D eigenvalue weighted by Crippen LogP contribution is 2.24. The van der Waals surface area contributed by atoms with Gasteiger partial charge in [-0.25, -0.2) is 0 Å². The lowest BCUT2D eigenvalue weighted by Gasteiger charge is -2.17. The van der Waals surface area contributed by atoms with Gasteiger partial charge in [0.1, 0.15) is 0 Å². The van der Waals surface area contributed by atoms with Gasteiger partial charge in [-0.3, -0.25) is 0 Å². The summed E-state index contributed by atoms with van der Waals surface area (Å²) in [5, 5.41) is 3.32. The first-order chi connectivity index (χ1) is 7.16. The first kappa shape index (κ1) is 12.0. The van der Waals surface area contributed by atoms with Crippen LogP contribution in [0.15, 0.2) is 36.4 Å². The van der Waals surface area contributed by atoms with E-state index in [-0.39, 0.29) is 0 Å². The minimum atomic E-state index is 0.435. The van der Waals surface area contributed by atoms with E-state index in [0.717, 1.165) is 13.1 Å². The quantitative estimate of drug-likeness (QED) is 0.724. The van der Waals surface area contributed by atoms with Gasteiger partial charge in [0.05, 0.1) is 0 Å². The molecule has 15 heavy (non-hydrogen) atoms. The van der Waals surface area contributed by atoms with E-state index < -0.39 is 0 Å². The summed E-state index contributed by atoms with van der Waals surface area (Å²) < 4.78 is 0. The molecule has 0 bridgehead atoms. The zero-order chi connectivity index (χ0) is 11.3. The predicted octanol–water partition coefficient (Wildman–Crippen LogP) is 3.26. The number of hydrogen-bond donors (Lipinski definition) is 1. The highest BCUT2D eigenvalue weighted by molar-refractivity contribution is 5.34. The molecule has 1 rings (SSSR count). The summed E-state index contributed by atoms with van der Waals surface area (Å²) in [5.74, 6) is 0.435. The minimum absolute atomic E-state index is 0.435. The zero-order valence-corrected chi connectivity index (χ0v) is 10.0. The molecule has 0 aromatic heterocycles. The van der Waals surface area contributed by atoms with Gasteiger partial charge in [-0.05, 0) is 24.6 Å². The fourth-order valence-corrected chi connectivity index (χ4v) is 1.73. The van der Waals surface area contributed by atoms with E-state index in [9.17, 15) is 0 Å². The standard InChI is InChI=1S/C14H21N/c1-5-15-10-12(3)13(4)14-9-7-6-8-11(14)2/h6-9,13,15H,3,5,10H2,1-2,4H3. The lowest BCUT2D eigenvalue weighted by molar-refractivity contribution is 0.727. The molecule has 0 amide bonds. The first-order valence-corrected chi connectivity index (χ1v) is 5.60. The van der Waals surface area contributed by atoms with Gasteiger partial charge in [-0.15, -0.1) is 0 Å². The molecule has 0 radical (unpaired) electrons. The van der Waals surface area contributed by atoms with E-state index in [0.29, 0.717) is 5.92 Å². The van der Waals surface area contributed by atoms with Gasteiger partial charge >= 0.3 is 0 Å². The van der Waals surface area contributed by atoms with Crippen LogP contribution in [0.5, 0.6) is 0 Å². The predicted molar refractivity (Wildman–Crippen MR) is 67.3 cm³/mol. The Morgan fingerprint density at radius 3 is 2.67 bits per heavy atom. The number of benzene rings is 1. The lowest BCUT2D eigenvalue weighted by Crippen LogP contribution is -2.18. The topological polar surface area (TPSA) is 12.0 Å². The SMILES string of the molecule is C=C(CNCC)C(C)c1ccccc1C. The van der Waals surface area contributed by atoms with Crippen molar-refractivity contribution in [3.63, 3.8) is 0 Å². The van der Waals surface area contributed by atoms with Crippen LogP contribution in [0.1, 0.15) is 30.9 Å². The fraction of sp³-hybridized carbons (Fsp3) is 0.429. The van der Waals surface area contributed by atoms with E-state index in [1.54, 1.807) is 0 Å². The molecular weight excluding hydrogens is 182 g/mol. The average Bonchev–Trinajstić information content (AvgIpc) is 2.25. The zero-order valence-electron chi connectivity index (χ0n) is 10.0. The summed E-state index contributed by atoms with van der Waals surface area (Å²) in [5.41, 5.74) is 3.99. The number of hydrogen-bond acceptors (Lipinski definition) is 1. The second-order valence-corrected chi connectivity index (χ2v) is 4.02. The molecule has 0 heterocycles. The molecule has 0 aliphatic carbocycles. The highest BCUT2D eigenvalue weighted by atomic mass is 14.8. The largest absolute Gasteiger partial charge is 0.313 e. The van der Waals surface area contributed by atoms with E-state index in [4.69, 9.17) is 0 Å². The Balaban J connectivity index is 2.72. The Kier molecular flexibility index (Phi) is 4.57. The van der Waals surface area contributed by atoms with Gasteiger partial charge in [0.25, 0.3) is 0 Å². The number of nitrogens with one attached hydrogen (secondary N) is 1. The third-order valence-electron chi connectivity index (χ3n) is 2.87. The van der Waals surface area contributed by atoms with E-state index >= 15 is 0 Å². The molecule has 1 N–H and O–H groups in total. The second kappa shape index (κ2) is 5.72. The van der Waals surface area contributed by atoms with Crippen molar-refractivity contribution in [3.8, 4) is 0 Å². The molecular formula is C14H21N. The maximum absolute atomic E-state index is 4.15. The molecule has 0 saturated carbocycles. The third kappa shape index (κ3) is 3.21. The van der Waals surface area contributed by atoms with Gasteiger partial charge < -0.3 is 5.32 Å². The van der Waals surface area contributed by atoms with Crippen molar-refractivity contribution in [1.29, 1.82) is 0 Å². The van der Waals surface area contributed by atoms with Crippen LogP contribution >= 0.6 is 0 Å². The van der Waals surface area contributed by atoms with Crippen molar-refractivity contribution in [2.45, 2.75) is 26.7 Å². The van der Waals surface area contributed by atoms with Gasteiger partial charge in [0, 0.05) is 12.5 Å². The summed E-state index contributed by atoms with van der Waals surface area (Å²) in [7, 11) is 0. The third-order valence-corrected chi connectivity index (χ3v) is 2.87. The molecule has 1 aromatic carbocycles. The minimum Gasteiger partial charge on any atom is -0.313 e. The Bertz CT molecular complexity index is 328. The normalized spacial score (nSPS) is 12.5. The van der Waals surface area contributed by atoms with Gasteiger partial charge in [-0.1, -0.05) is 50.3 Å². The van der Waals surface area contributed by atoms with Crippen LogP contribution in [-0.2, 0) is 0 Å². The number of likely N-dealkylation sites (N-methyl/N-ethyl adjacent to an activating group) is 1. The van der Waals surface area contributed by atoms with E-state index in [1.807, 2.05) is 0 Å². The Labute approximate surface area is 93.2 Å². The van der Waals surface area contributed by atoms with Crippen LogP contribution in [0.25, 0.3) is 0 Å². The van der Waals surface area contributed by atoms with E-state index in [1.165, 1.54) is 16.7 Å². The lowest BCUT2D eigenvalue weighted by atomic mass is 9.91. The van der Waals surface area contributed by atoms with Crippen molar-refractivity contribution in [2.24, 2.45) is 0 Å². The summed E-state index contributed by atoms with van der Waals surface area (Å²) >= 11 is 0. The van der Waals surface area contributed by atoms with Crippen molar-refractivity contribution in [2.75, 3.05) is 13.1 Å². The average molecular weight is 203 g/mol. The maximum atomic E-state index is 4.15. The second-order valence-electron chi connectivity index (χ2n) is 4.02. The van der Waals surface area contributed by atoms with Gasteiger partial charge in [0.2, 0.25) is 0 Å². The fourth-order valence-electron chi connectivity index (χ4n) is 1.73. The molecule has 1 nitrogen and oxygen atoms in total.